The molecule has 31 N–H and O–H groups in total. The standard InChI is InChI=1S/C81H110N20O25/c1-5-41(4)67(101-68(113)49(82)28-40(2)3)79(124)100-61(39-103)78(123)95-56(32-45-36-88-50-15-10-9-14-48(45)50)73(118)94-55(31-44-19-23-47(105)24-20-44)72(117)98-59(35-66(111)112)76(121)96-57(33-62(83)106)74(119)91-51(25-26-65(109)110)70(115)93-53(29-42-12-7-6-8-13-42)69(114)89-37-64(108)90-54(30-43-17-21-46(104)22-18-43)71(116)99-60(38-102)77(122)97-58(34-63(84)107)75(120)92-52(80(125)126)16-11-27-87-81(85)86/h6-10,12-15,17-24,36,40-41,49,51-61,67,88,102-105H,5,11,16,25-35,37-39,82H2,1-4H3,(H2,83,106)(H2,84,107)(H,89,114)(H,90,108)(H,91,119)(H,92,120)(H,93,115)(H,94,118)(H,95,123)(H,96,121)(H,97,122)(H,98,117)(H,99,116)(H,100,124)(H,101,113)(H,109,110)(H,111,112)(H,125,126)(H4,85,86,87)/t41-,49-,51-,52-,53-,54-,55-,56-,57-,58-,59-,60-,61-,67-/m0/s1. The Kier molecular flexibility index (Phi) is 41.3. The monoisotopic (exact) mass is 1760 g/mol. The van der Waals surface area contributed by atoms with Gasteiger partial charge in [0, 0.05) is 55.7 Å². The quantitative estimate of drug-likeness (QED) is 0.00978. The number of hydrogen-bond donors (Lipinski definition) is 27. The third kappa shape index (κ3) is 34.9. The van der Waals surface area contributed by atoms with E-state index in [1.807, 2.05) is 13.8 Å². The first-order valence-corrected chi connectivity index (χ1v) is 39.9. The van der Waals surface area contributed by atoms with E-state index in [1.165, 1.54) is 66.9 Å². The Bertz CT molecular complexity index is 4670. The summed E-state index contributed by atoms with van der Waals surface area (Å²) < 4.78 is 0. The van der Waals surface area contributed by atoms with Gasteiger partial charge >= 0.3 is 17.9 Å². The minimum Gasteiger partial charge on any atom is -0.508 e. The van der Waals surface area contributed by atoms with Gasteiger partial charge in [-0.2, -0.15) is 0 Å². The number of carbonyl (C=O) groups is 18. The molecule has 45 heteroatoms. The summed E-state index contributed by atoms with van der Waals surface area (Å²) in [7, 11) is 0. The molecule has 0 unspecified atom stereocenters. The molecule has 0 aliphatic carbocycles. The first-order valence-electron chi connectivity index (χ1n) is 39.9. The maximum Gasteiger partial charge on any atom is 0.326 e. The van der Waals surface area contributed by atoms with Crippen LogP contribution in [0.1, 0.15) is 108 Å². The van der Waals surface area contributed by atoms with Crippen LogP contribution < -0.4 is 97.4 Å². The van der Waals surface area contributed by atoms with Crippen molar-refractivity contribution in [2.24, 2.45) is 34.8 Å². The van der Waals surface area contributed by atoms with Gasteiger partial charge in [0.15, 0.2) is 5.96 Å². The fourth-order valence-corrected chi connectivity index (χ4v) is 12.7. The van der Waals surface area contributed by atoms with E-state index in [9.17, 15) is 122 Å². The summed E-state index contributed by atoms with van der Waals surface area (Å²) in [6.07, 6.45) is -4.88. The van der Waals surface area contributed by atoms with E-state index < -0.39 is 268 Å². The zero-order chi connectivity index (χ0) is 93.6. The molecule has 4 aromatic carbocycles. The van der Waals surface area contributed by atoms with Crippen molar-refractivity contribution in [1.29, 1.82) is 5.41 Å². The summed E-state index contributed by atoms with van der Waals surface area (Å²) in [6.45, 7) is 3.81. The Morgan fingerprint density at radius 1 is 0.421 bits per heavy atom. The van der Waals surface area contributed by atoms with Crippen LogP contribution in [-0.4, -0.2) is 258 Å². The van der Waals surface area contributed by atoms with Crippen LogP contribution in [-0.2, 0) is 112 Å². The van der Waals surface area contributed by atoms with E-state index in [2.05, 4.69) is 79.4 Å². The highest BCUT2D eigenvalue weighted by Crippen LogP contribution is 2.22. The fourth-order valence-electron chi connectivity index (χ4n) is 12.7. The second-order valence-corrected chi connectivity index (χ2v) is 30.1. The third-order valence-electron chi connectivity index (χ3n) is 19.6. The van der Waals surface area contributed by atoms with Crippen molar-refractivity contribution < 1.29 is 122 Å². The summed E-state index contributed by atoms with van der Waals surface area (Å²) in [5.41, 5.74) is 24.1. The molecule has 5 rings (SSSR count). The molecule has 0 aliphatic rings. The number of para-hydroxylation sites is 1. The second-order valence-electron chi connectivity index (χ2n) is 30.1. The number of H-pyrrole nitrogens is 1. The van der Waals surface area contributed by atoms with Gasteiger partial charge in [-0.25, -0.2) is 4.79 Å². The Labute approximate surface area is 721 Å². The number of aliphatic hydroxyl groups is 2. The number of aromatic hydroxyl groups is 2. The molecule has 5 aromatic rings. The van der Waals surface area contributed by atoms with Crippen molar-refractivity contribution in [3.05, 3.63) is 132 Å². The highest BCUT2D eigenvalue weighted by atomic mass is 16.4. The lowest BCUT2D eigenvalue weighted by atomic mass is 9.96. The average Bonchev–Trinajstić information content (AvgIpc) is 1.73. The van der Waals surface area contributed by atoms with E-state index in [-0.39, 0.29) is 60.8 Å². The molecule has 0 aliphatic heterocycles. The maximum absolute atomic E-state index is 15.0. The number of rotatable bonds is 54. The third-order valence-corrected chi connectivity index (χ3v) is 19.6. The molecule has 0 bridgehead atoms. The SMILES string of the molecule is CC[C@H](C)[C@H](NC(=O)[C@@H](N)CC(C)C)C(=O)N[C@@H](CO)C(=O)N[C@@H](Cc1c[nH]c2ccccc12)C(=O)N[C@@H](Cc1ccc(O)cc1)C(=O)N[C@@H](CC(=O)O)C(=O)N[C@@H](CC(N)=O)C(=O)N[C@@H](CCC(=O)O)C(=O)N[C@@H](Cc1ccccc1)C(=O)NCC(=O)N[C@@H](Cc1ccc(O)cc1)C(=O)N[C@@H](CO)C(=O)N[C@@H](CC(N)=O)C(=O)N[C@@H](CCCNC(=N)N)C(=O)O. The minimum absolute atomic E-state index is 0.00266. The van der Waals surface area contributed by atoms with E-state index >= 15 is 0 Å². The van der Waals surface area contributed by atoms with Gasteiger partial charge in [-0.05, 0) is 90.1 Å². The largest absolute Gasteiger partial charge is 0.508 e. The Balaban J connectivity index is 1.40. The number of nitrogens with two attached hydrogens (primary N) is 4. The van der Waals surface area contributed by atoms with Crippen molar-refractivity contribution in [2.45, 2.75) is 190 Å². The van der Waals surface area contributed by atoms with Gasteiger partial charge in [0.25, 0.3) is 0 Å². The molecular formula is C81H110N20O25. The molecule has 126 heavy (non-hydrogen) atoms. The first-order chi connectivity index (χ1) is 59.6. The molecule has 14 atom stereocenters. The summed E-state index contributed by atoms with van der Waals surface area (Å²) >= 11 is 0. The normalized spacial score (nSPS) is 14.4. The predicted molar refractivity (Wildman–Crippen MR) is 447 cm³/mol. The Hall–Kier alpha value is -14.4. The van der Waals surface area contributed by atoms with Gasteiger partial charge in [-0.15, -0.1) is 0 Å². The minimum atomic E-state index is -2.25. The summed E-state index contributed by atoms with van der Waals surface area (Å²) in [6, 6.07) is 1.53. The van der Waals surface area contributed by atoms with Crippen LogP contribution in [0.2, 0.25) is 0 Å². The number of aromatic nitrogens is 1. The number of benzene rings is 4. The molecule has 0 radical (unpaired) electrons. The number of aromatic amines is 1. The van der Waals surface area contributed by atoms with Crippen molar-refractivity contribution in [1.82, 2.24) is 79.4 Å². The Morgan fingerprint density at radius 3 is 1.29 bits per heavy atom. The first kappa shape index (κ1) is 102. The second kappa shape index (κ2) is 50.9. The van der Waals surface area contributed by atoms with Gasteiger partial charge in [0.05, 0.1) is 45.1 Å². The molecule has 45 nitrogen and oxygen atoms in total. The average molecular weight is 1760 g/mol. The van der Waals surface area contributed by atoms with E-state index in [0.717, 1.165) is 0 Å². The van der Waals surface area contributed by atoms with Crippen molar-refractivity contribution >= 4 is 123 Å². The van der Waals surface area contributed by atoms with Crippen LogP contribution in [0.15, 0.2) is 109 Å². The van der Waals surface area contributed by atoms with Crippen molar-refractivity contribution in [3.63, 3.8) is 0 Å². The molecule has 1 heterocycles. The number of aliphatic hydroxyl groups excluding tert-OH is 2. The summed E-state index contributed by atoms with van der Waals surface area (Å²) in [5, 5.41) is 112. The fraction of sp³-hybridized carbons (Fsp3) is 0.444. The number of phenolic OH excluding ortho intramolecular Hbond substituents is 2. The number of phenols is 2. The number of guanidine groups is 1. The van der Waals surface area contributed by atoms with Crippen LogP contribution in [0.4, 0.5) is 0 Å². The molecule has 0 fully saturated rings. The highest BCUT2D eigenvalue weighted by Gasteiger charge is 2.39. The van der Waals surface area contributed by atoms with E-state index in [1.54, 1.807) is 56.3 Å². The van der Waals surface area contributed by atoms with Crippen molar-refractivity contribution in [3.8, 4) is 11.5 Å². The number of primary amides is 2. The van der Waals surface area contributed by atoms with Gasteiger partial charge < -0.3 is 138 Å². The highest BCUT2D eigenvalue weighted by molar-refractivity contribution is 6.02. The summed E-state index contributed by atoms with van der Waals surface area (Å²) in [5.74, 6) is -24.3. The topological polar surface area (TPSA) is 761 Å². The van der Waals surface area contributed by atoms with E-state index in [4.69, 9.17) is 28.3 Å². The maximum atomic E-state index is 15.0. The van der Waals surface area contributed by atoms with Gasteiger partial charge in [0.2, 0.25) is 88.6 Å². The zero-order valence-corrected chi connectivity index (χ0v) is 69.4. The number of carboxylic acids is 3. The van der Waals surface area contributed by atoms with Crippen LogP contribution in [0, 0.1) is 17.2 Å². The number of amides is 15. The van der Waals surface area contributed by atoms with Crippen molar-refractivity contribution in [2.75, 3.05) is 26.3 Å². The molecule has 0 saturated carbocycles. The number of carboxylic acid groups (broad SMARTS) is 3. The summed E-state index contributed by atoms with van der Waals surface area (Å²) in [4.78, 5) is 249. The molecule has 0 spiro atoms. The number of fused-ring (bicyclic) bond motifs is 1. The molecule has 1 aromatic heterocycles. The molecular weight excluding hydrogens is 1650 g/mol. The number of nitrogens with one attached hydrogen (secondary N) is 16. The molecule has 684 valence electrons. The smallest absolute Gasteiger partial charge is 0.326 e. The van der Waals surface area contributed by atoms with Crippen LogP contribution in [0.5, 0.6) is 11.5 Å². The lowest BCUT2D eigenvalue weighted by Gasteiger charge is -2.28. The van der Waals surface area contributed by atoms with Crippen LogP contribution >= 0.6 is 0 Å². The predicted octanol–water partition coefficient (Wildman–Crippen LogP) is -6.37. The number of carbonyl (C=O) groups excluding carboxylic acids is 15. The molecule has 0 saturated heterocycles. The van der Waals surface area contributed by atoms with Gasteiger partial charge in [-0.1, -0.05) is 107 Å². The number of hydrogen-bond acceptors (Lipinski definition) is 24. The Morgan fingerprint density at radius 2 is 0.825 bits per heavy atom. The lowest BCUT2D eigenvalue weighted by Crippen LogP contribution is -2.62. The lowest BCUT2D eigenvalue weighted by molar-refractivity contribution is -0.143. The van der Waals surface area contributed by atoms with E-state index in [0.29, 0.717) is 28.5 Å². The molecule has 15 amide bonds. The van der Waals surface area contributed by atoms with Crippen LogP contribution in [0.3, 0.4) is 0 Å². The zero-order valence-electron chi connectivity index (χ0n) is 69.4. The van der Waals surface area contributed by atoms with Crippen LogP contribution in [0.25, 0.3) is 10.9 Å². The van der Waals surface area contributed by atoms with Gasteiger partial charge in [0.1, 0.15) is 84.0 Å². The number of aliphatic carboxylic acids is 3. The van der Waals surface area contributed by atoms with Gasteiger partial charge in [-0.3, -0.25) is 86.9 Å².